The molecule has 0 spiro atoms. The van der Waals surface area contributed by atoms with E-state index in [9.17, 15) is 13.6 Å². The fourth-order valence-corrected chi connectivity index (χ4v) is 1.86. The number of nitrogens with one attached hydrogen (secondary N) is 1. The van der Waals surface area contributed by atoms with Crippen LogP contribution < -0.4 is 5.32 Å². The van der Waals surface area contributed by atoms with Gasteiger partial charge >= 0.3 is 0 Å². The number of nitrogens with zero attached hydrogens (tertiary/aromatic N) is 2. The summed E-state index contributed by atoms with van der Waals surface area (Å²) < 4.78 is 25.8. The van der Waals surface area contributed by atoms with Crippen molar-refractivity contribution >= 4 is 5.91 Å². The lowest BCUT2D eigenvalue weighted by molar-refractivity contribution is 0.0686. The number of halogens is 2. The quantitative estimate of drug-likeness (QED) is 0.807. The van der Waals surface area contributed by atoms with Crippen LogP contribution in [0.3, 0.4) is 0 Å². The maximum absolute atomic E-state index is 13.1. The Morgan fingerprint density at radius 2 is 2.22 bits per heavy atom. The van der Waals surface area contributed by atoms with Crippen LogP contribution in [0.15, 0.2) is 18.2 Å². The van der Waals surface area contributed by atoms with Crippen LogP contribution in [-0.2, 0) is 0 Å². The van der Waals surface area contributed by atoms with Crippen LogP contribution in [0, 0.1) is 23.0 Å². The van der Waals surface area contributed by atoms with Gasteiger partial charge in [-0.25, -0.2) is 8.78 Å². The molecule has 0 saturated carbocycles. The van der Waals surface area contributed by atoms with E-state index in [4.69, 9.17) is 5.26 Å². The molecule has 2 rings (SSSR count). The highest BCUT2D eigenvalue weighted by Gasteiger charge is 2.27. The Balaban J connectivity index is 2.24. The SMILES string of the molecule is N#CC1CNCCN1C(=O)c1ccc(F)c(F)c1. The molecule has 4 nitrogen and oxygen atoms in total. The van der Waals surface area contributed by atoms with Crippen LogP contribution in [0.5, 0.6) is 0 Å². The predicted molar refractivity (Wildman–Crippen MR) is 59.7 cm³/mol. The molecule has 1 unspecified atom stereocenters. The first kappa shape index (κ1) is 12.5. The molecule has 0 aromatic heterocycles. The third-order valence-electron chi connectivity index (χ3n) is 2.82. The van der Waals surface area contributed by atoms with Crippen LogP contribution in [-0.4, -0.2) is 36.5 Å². The zero-order valence-electron chi connectivity index (χ0n) is 9.49. The highest BCUT2D eigenvalue weighted by atomic mass is 19.2. The minimum absolute atomic E-state index is 0.0519. The maximum Gasteiger partial charge on any atom is 0.255 e. The molecule has 94 valence electrons. The van der Waals surface area contributed by atoms with Crippen molar-refractivity contribution in [2.24, 2.45) is 0 Å². The van der Waals surface area contributed by atoms with E-state index in [1.54, 1.807) is 0 Å². The number of rotatable bonds is 1. The molecule has 18 heavy (non-hydrogen) atoms. The predicted octanol–water partition coefficient (Wildman–Crippen LogP) is 0.902. The van der Waals surface area contributed by atoms with Crippen molar-refractivity contribution in [1.29, 1.82) is 5.26 Å². The minimum atomic E-state index is -1.07. The van der Waals surface area contributed by atoms with E-state index >= 15 is 0 Å². The number of hydrogen-bond donors (Lipinski definition) is 1. The summed E-state index contributed by atoms with van der Waals surface area (Å²) in [4.78, 5) is 13.5. The van der Waals surface area contributed by atoms with Gasteiger partial charge < -0.3 is 10.2 Å². The van der Waals surface area contributed by atoms with Crippen molar-refractivity contribution < 1.29 is 13.6 Å². The zero-order chi connectivity index (χ0) is 13.1. The molecular weight excluding hydrogens is 240 g/mol. The van der Waals surface area contributed by atoms with Gasteiger partial charge in [0.15, 0.2) is 11.6 Å². The summed E-state index contributed by atoms with van der Waals surface area (Å²) in [6, 6.07) is 4.41. The van der Waals surface area contributed by atoms with E-state index < -0.39 is 23.6 Å². The lowest BCUT2D eigenvalue weighted by atomic mass is 10.1. The van der Waals surface area contributed by atoms with Gasteiger partial charge in [0.25, 0.3) is 5.91 Å². The summed E-state index contributed by atoms with van der Waals surface area (Å²) in [6.07, 6.45) is 0. The van der Waals surface area contributed by atoms with Gasteiger partial charge in [0.05, 0.1) is 6.07 Å². The Hall–Kier alpha value is -2.00. The average Bonchev–Trinajstić information content (AvgIpc) is 2.41. The van der Waals surface area contributed by atoms with E-state index in [2.05, 4.69) is 5.32 Å². The molecular formula is C12H11F2N3O. The second-order valence-corrected chi connectivity index (χ2v) is 3.98. The van der Waals surface area contributed by atoms with Gasteiger partial charge in [-0.3, -0.25) is 4.79 Å². The van der Waals surface area contributed by atoms with Crippen molar-refractivity contribution in [2.75, 3.05) is 19.6 Å². The van der Waals surface area contributed by atoms with Gasteiger partial charge in [0.1, 0.15) is 6.04 Å². The van der Waals surface area contributed by atoms with Gasteiger partial charge in [-0.1, -0.05) is 0 Å². The number of piperazine rings is 1. The molecule has 1 atom stereocenters. The number of nitriles is 1. The van der Waals surface area contributed by atoms with Crippen LogP contribution >= 0.6 is 0 Å². The number of carbonyl (C=O) groups excluding carboxylic acids is 1. The van der Waals surface area contributed by atoms with Crippen molar-refractivity contribution in [3.8, 4) is 6.07 Å². The van der Waals surface area contributed by atoms with Crippen molar-refractivity contribution in [3.05, 3.63) is 35.4 Å². The van der Waals surface area contributed by atoms with E-state index in [1.807, 2.05) is 6.07 Å². The summed E-state index contributed by atoms with van der Waals surface area (Å²) in [5, 5.41) is 11.9. The Bertz CT molecular complexity index is 513. The van der Waals surface area contributed by atoms with E-state index in [1.165, 1.54) is 11.0 Å². The number of amides is 1. The Morgan fingerprint density at radius 1 is 1.44 bits per heavy atom. The van der Waals surface area contributed by atoms with Gasteiger partial charge in [0, 0.05) is 25.2 Å². The van der Waals surface area contributed by atoms with E-state index in [0.29, 0.717) is 19.6 Å². The average molecular weight is 251 g/mol. The summed E-state index contributed by atoms with van der Waals surface area (Å²) >= 11 is 0. The minimum Gasteiger partial charge on any atom is -0.320 e. The second-order valence-electron chi connectivity index (χ2n) is 3.98. The third kappa shape index (κ3) is 2.31. The fourth-order valence-electron chi connectivity index (χ4n) is 1.86. The van der Waals surface area contributed by atoms with E-state index in [-0.39, 0.29) is 5.56 Å². The van der Waals surface area contributed by atoms with Crippen molar-refractivity contribution in [2.45, 2.75) is 6.04 Å². The molecule has 0 aliphatic carbocycles. The molecule has 0 radical (unpaired) electrons. The first-order valence-electron chi connectivity index (χ1n) is 5.50. The lowest BCUT2D eigenvalue weighted by Crippen LogP contribution is -2.53. The maximum atomic E-state index is 13.1. The Kier molecular flexibility index (Phi) is 3.53. The molecule has 0 bridgehead atoms. The number of carbonyl (C=O) groups is 1. The van der Waals surface area contributed by atoms with Crippen molar-refractivity contribution in [3.63, 3.8) is 0 Å². The summed E-state index contributed by atoms with van der Waals surface area (Å²) in [5.74, 6) is -2.52. The van der Waals surface area contributed by atoms with Crippen LogP contribution in [0.25, 0.3) is 0 Å². The van der Waals surface area contributed by atoms with Crippen LogP contribution in [0.1, 0.15) is 10.4 Å². The van der Waals surface area contributed by atoms with Gasteiger partial charge in [-0.2, -0.15) is 5.26 Å². The summed E-state index contributed by atoms with van der Waals surface area (Å²) in [5.41, 5.74) is 0.0519. The summed E-state index contributed by atoms with van der Waals surface area (Å²) in [7, 11) is 0. The largest absolute Gasteiger partial charge is 0.320 e. The van der Waals surface area contributed by atoms with Crippen molar-refractivity contribution in [1.82, 2.24) is 10.2 Å². The third-order valence-corrected chi connectivity index (χ3v) is 2.82. The van der Waals surface area contributed by atoms with Gasteiger partial charge in [0.2, 0.25) is 0 Å². The highest BCUT2D eigenvalue weighted by molar-refractivity contribution is 5.94. The van der Waals surface area contributed by atoms with Crippen LogP contribution in [0.4, 0.5) is 8.78 Å². The second kappa shape index (κ2) is 5.10. The number of benzene rings is 1. The molecule has 1 fully saturated rings. The molecule has 1 heterocycles. The molecule has 1 aromatic carbocycles. The first-order valence-corrected chi connectivity index (χ1v) is 5.50. The van der Waals surface area contributed by atoms with E-state index in [0.717, 1.165) is 12.1 Å². The highest BCUT2D eigenvalue weighted by Crippen LogP contribution is 2.13. The topological polar surface area (TPSA) is 56.1 Å². The molecule has 1 N–H and O–H groups in total. The van der Waals surface area contributed by atoms with Gasteiger partial charge in [-0.15, -0.1) is 0 Å². The Labute approximate surface area is 103 Å². The molecule has 6 heteroatoms. The summed E-state index contributed by atoms with van der Waals surface area (Å²) in [6.45, 7) is 1.33. The molecule has 1 aliphatic rings. The number of hydrogen-bond acceptors (Lipinski definition) is 3. The molecule has 1 aliphatic heterocycles. The normalized spacial score (nSPS) is 19.4. The standard InChI is InChI=1S/C12H11F2N3O/c13-10-2-1-8(5-11(10)14)12(18)17-4-3-16-7-9(17)6-15/h1-2,5,9,16H,3-4,7H2. The lowest BCUT2D eigenvalue weighted by Gasteiger charge is -2.32. The molecule has 1 aromatic rings. The van der Waals surface area contributed by atoms with Crippen LogP contribution in [0.2, 0.25) is 0 Å². The van der Waals surface area contributed by atoms with Gasteiger partial charge in [-0.05, 0) is 18.2 Å². The zero-order valence-corrected chi connectivity index (χ0v) is 9.49. The first-order chi connectivity index (χ1) is 8.63. The molecule has 1 saturated heterocycles. The fraction of sp³-hybridized carbons (Fsp3) is 0.333. The molecule has 1 amide bonds. The monoisotopic (exact) mass is 251 g/mol. The smallest absolute Gasteiger partial charge is 0.255 e. The Morgan fingerprint density at radius 3 is 2.89 bits per heavy atom.